The van der Waals surface area contributed by atoms with Gasteiger partial charge in [-0.2, -0.15) is 8.42 Å². The van der Waals surface area contributed by atoms with Gasteiger partial charge in [-0.1, -0.05) is 6.07 Å². The Hall–Kier alpha value is -1.03. The van der Waals surface area contributed by atoms with Gasteiger partial charge in [0.05, 0.1) is 16.4 Å². The van der Waals surface area contributed by atoms with Gasteiger partial charge in [-0.25, -0.2) is 13.1 Å². The van der Waals surface area contributed by atoms with Gasteiger partial charge in [0.2, 0.25) is 10.0 Å². The molecule has 0 atom stereocenters. The lowest BCUT2D eigenvalue weighted by Crippen LogP contribution is -2.27. The summed E-state index contributed by atoms with van der Waals surface area (Å²) in [5.74, 6) is 0. The highest BCUT2D eigenvalue weighted by Gasteiger charge is 2.18. The third-order valence-electron chi connectivity index (χ3n) is 2.14. The lowest BCUT2D eigenvalue weighted by molar-refractivity contribution is 0.153. The van der Waals surface area contributed by atoms with Crippen molar-refractivity contribution in [3.05, 3.63) is 24.3 Å². The molecule has 0 fully saturated rings. The van der Waals surface area contributed by atoms with Crippen LogP contribution in [0.4, 0.5) is 3.89 Å². The van der Waals surface area contributed by atoms with E-state index in [1.165, 1.54) is 6.07 Å². The molecule has 0 aliphatic heterocycles. The van der Waals surface area contributed by atoms with Crippen LogP contribution >= 0.6 is 0 Å². The van der Waals surface area contributed by atoms with E-state index in [0.717, 1.165) is 18.2 Å². The van der Waals surface area contributed by atoms with Crippen molar-refractivity contribution in [1.82, 2.24) is 4.72 Å². The van der Waals surface area contributed by atoms with Crippen LogP contribution in [0.2, 0.25) is 0 Å². The smallest absolute Gasteiger partial charge is 0.332 e. The monoisotopic (exact) mass is 311 g/mol. The molecule has 0 heterocycles. The van der Waals surface area contributed by atoms with Crippen molar-refractivity contribution in [2.75, 3.05) is 19.8 Å². The van der Waals surface area contributed by atoms with Gasteiger partial charge in [-0.3, -0.25) is 0 Å². The molecular weight excluding hydrogens is 297 g/mol. The maximum absolute atomic E-state index is 12.8. The molecule has 0 spiro atoms. The molecule has 0 aromatic heterocycles. The maximum Gasteiger partial charge on any atom is 0.332 e. The molecule has 0 saturated carbocycles. The highest BCUT2D eigenvalue weighted by Crippen LogP contribution is 2.17. The average Bonchev–Trinajstić information content (AvgIpc) is 2.34. The van der Waals surface area contributed by atoms with E-state index in [2.05, 4.69) is 4.72 Å². The Bertz CT molecular complexity index is 627. The fourth-order valence-electron chi connectivity index (χ4n) is 1.27. The normalized spacial score (nSPS) is 12.5. The van der Waals surface area contributed by atoms with Crippen LogP contribution in [0.3, 0.4) is 0 Å². The summed E-state index contributed by atoms with van der Waals surface area (Å²) in [6.45, 7) is 2.46. The average molecular weight is 311 g/mol. The molecule has 0 saturated heterocycles. The highest BCUT2D eigenvalue weighted by molar-refractivity contribution is 7.89. The van der Waals surface area contributed by atoms with Gasteiger partial charge in [0.1, 0.15) is 0 Å². The Balaban J connectivity index is 2.90. The van der Waals surface area contributed by atoms with Crippen LogP contribution in [0, 0.1) is 0 Å². The Morgan fingerprint density at radius 1 is 1.21 bits per heavy atom. The van der Waals surface area contributed by atoms with Crippen molar-refractivity contribution in [3.8, 4) is 0 Å². The summed E-state index contributed by atoms with van der Waals surface area (Å²) in [6, 6.07) is 4.08. The number of benzene rings is 1. The summed E-state index contributed by atoms with van der Waals surface area (Å²) in [4.78, 5) is -1.01. The second-order valence-corrected chi connectivity index (χ2v) is 6.62. The zero-order valence-corrected chi connectivity index (χ0v) is 11.8. The zero-order chi connectivity index (χ0) is 14.5. The molecule has 1 aromatic rings. The first-order valence-corrected chi connectivity index (χ1v) is 8.26. The molecule has 19 heavy (non-hydrogen) atoms. The van der Waals surface area contributed by atoms with Crippen LogP contribution in [0.1, 0.15) is 6.92 Å². The highest BCUT2D eigenvalue weighted by atomic mass is 32.3. The van der Waals surface area contributed by atoms with E-state index in [9.17, 15) is 20.7 Å². The first kappa shape index (κ1) is 16.0. The van der Waals surface area contributed by atoms with E-state index in [0.29, 0.717) is 6.61 Å². The van der Waals surface area contributed by atoms with Crippen LogP contribution in [0.5, 0.6) is 0 Å². The zero-order valence-electron chi connectivity index (χ0n) is 10.2. The van der Waals surface area contributed by atoms with E-state index >= 15 is 0 Å². The lowest BCUT2D eigenvalue weighted by Gasteiger charge is -2.07. The maximum atomic E-state index is 12.8. The molecular formula is C10H14FNO5S2. The Labute approximate surface area is 111 Å². The molecule has 1 aromatic carbocycles. The third-order valence-corrected chi connectivity index (χ3v) is 4.42. The molecule has 0 unspecified atom stereocenters. The number of hydrogen-bond donors (Lipinski definition) is 1. The molecule has 108 valence electrons. The number of nitrogens with one attached hydrogen (secondary N) is 1. The molecule has 0 aliphatic rings. The minimum absolute atomic E-state index is 0.0444. The fourth-order valence-corrected chi connectivity index (χ4v) is 2.91. The standard InChI is InChI=1S/C10H14FNO5S2/c1-2-17-7-6-12-19(15,16)10-5-3-4-9(8-10)18(11,13)14/h3-5,8,12H,2,6-7H2,1H3. The van der Waals surface area contributed by atoms with E-state index in [1.54, 1.807) is 6.92 Å². The number of sulfonamides is 1. The largest absolute Gasteiger partial charge is 0.380 e. The molecule has 9 heteroatoms. The van der Waals surface area contributed by atoms with Crippen LogP contribution in [-0.4, -0.2) is 36.6 Å². The van der Waals surface area contributed by atoms with Gasteiger partial charge in [0.25, 0.3) is 0 Å². The summed E-state index contributed by atoms with van der Waals surface area (Å²) in [7, 11) is -8.82. The van der Waals surface area contributed by atoms with E-state index in [4.69, 9.17) is 4.74 Å². The minimum atomic E-state index is -4.93. The van der Waals surface area contributed by atoms with E-state index < -0.39 is 25.1 Å². The number of hydrogen-bond acceptors (Lipinski definition) is 5. The Kier molecular flexibility index (Phi) is 5.41. The summed E-state index contributed by atoms with van der Waals surface area (Å²) in [5.41, 5.74) is 0. The first-order chi connectivity index (χ1) is 8.77. The van der Waals surface area contributed by atoms with Gasteiger partial charge in [0, 0.05) is 13.2 Å². The number of rotatable bonds is 7. The molecule has 1 N–H and O–H groups in total. The predicted molar refractivity (Wildman–Crippen MR) is 66.4 cm³/mol. The van der Waals surface area contributed by atoms with Gasteiger partial charge in [0.15, 0.2) is 0 Å². The van der Waals surface area contributed by atoms with Gasteiger partial charge in [-0.05, 0) is 25.1 Å². The van der Waals surface area contributed by atoms with Crippen LogP contribution < -0.4 is 4.72 Å². The van der Waals surface area contributed by atoms with Crippen molar-refractivity contribution in [1.29, 1.82) is 0 Å². The molecule has 0 radical (unpaired) electrons. The Morgan fingerprint density at radius 3 is 2.42 bits per heavy atom. The number of ether oxygens (including phenoxy) is 1. The topological polar surface area (TPSA) is 89.5 Å². The SMILES string of the molecule is CCOCCNS(=O)(=O)c1cccc(S(=O)(=O)F)c1. The molecule has 0 aliphatic carbocycles. The second-order valence-electron chi connectivity index (χ2n) is 3.51. The van der Waals surface area contributed by atoms with Crippen LogP contribution in [0.15, 0.2) is 34.1 Å². The quantitative estimate of drug-likeness (QED) is 0.590. The molecule has 0 amide bonds. The summed E-state index contributed by atoms with van der Waals surface area (Å²) >= 11 is 0. The summed E-state index contributed by atoms with van der Waals surface area (Å²) < 4.78 is 65.0. The van der Waals surface area contributed by atoms with Crippen molar-refractivity contribution in [2.24, 2.45) is 0 Å². The molecule has 1 rings (SSSR count). The van der Waals surface area contributed by atoms with Crippen molar-refractivity contribution in [3.63, 3.8) is 0 Å². The van der Waals surface area contributed by atoms with Gasteiger partial charge in [-0.15, -0.1) is 3.89 Å². The molecule has 0 bridgehead atoms. The van der Waals surface area contributed by atoms with Crippen molar-refractivity contribution in [2.45, 2.75) is 16.7 Å². The van der Waals surface area contributed by atoms with Crippen LogP contribution in [0.25, 0.3) is 0 Å². The predicted octanol–water partition coefficient (Wildman–Crippen LogP) is 0.660. The van der Waals surface area contributed by atoms with Crippen LogP contribution in [-0.2, 0) is 25.0 Å². The van der Waals surface area contributed by atoms with Gasteiger partial charge < -0.3 is 4.74 Å². The number of halogens is 1. The Morgan fingerprint density at radius 2 is 1.84 bits per heavy atom. The summed E-state index contributed by atoms with van der Waals surface area (Å²) in [5, 5.41) is 0. The molecule has 6 nitrogen and oxygen atoms in total. The van der Waals surface area contributed by atoms with Crippen molar-refractivity contribution < 1.29 is 25.5 Å². The van der Waals surface area contributed by atoms with Crippen molar-refractivity contribution >= 4 is 20.2 Å². The summed E-state index contributed by atoms with van der Waals surface area (Å²) in [6.07, 6.45) is 0. The fraction of sp³-hybridized carbons (Fsp3) is 0.400. The minimum Gasteiger partial charge on any atom is -0.380 e. The third kappa shape index (κ3) is 4.86. The van der Waals surface area contributed by atoms with E-state index in [-0.39, 0.29) is 18.0 Å². The van der Waals surface area contributed by atoms with Gasteiger partial charge >= 0.3 is 10.2 Å². The van der Waals surface area contributed by atoms with E-state index in [1.807, 2.05) is 0 Å². The second kappa shape index (κ2) is 6.42. The first-order valence-electron chi connectivity index (χ1n) is 5.39. The lowest BCUT2D eigenvalue weighted by atomic mass is 10.4.